The summed E-state index contributed by atoms with van der Waals surface area (Å²) in [5.74, 6) is 0.307. The Labute approximate surface area is 127 Å². The Kier molecular flexibility index (Phi) is 7.24. The summed E-state index contributed by atoms with van der Waals surface area (Å²) in [7, 11) is 1.40. The fourth-order valence-electron chi connectivity index (χ4n) is 1.99. The van der Waals surface area contributed by atoms with Crippen LogP contribution < -0.4 is 0 Å². The van der Waals surface area contributed by atoms with Gasteiger partial charge in [-0.2, -0.15) is 0 Å². The second kappa shape index (κ2) is 8.96. The van der Waals surface area contributed by atoms with Crippen LogP contribution in [0.4, 0.5) is 0 Å². The Morgan fingerprint density at radius 1 is 1.24 bits per heavy atom. The van der Waals surface area contributed by atoms with Gasteiger partial charge in [0.1, 0.15) is 0 Å². The third-order valence-electron chi connectivity index (χ3n) is 3.16. The van der Waals surface area contributed by atoms with Gasteiger partial charge in [-0.05, 0) is 29.5 Å². The van der Waals surface area contributed by atoms with Crippen molar-refractivity contribution in [3.63, 3.8) is 0 Å². The molecule has 2 rings (SSSR count). The fraction of sp³-hybridized carbons (Fsp3) is 0.316. The minimum Gasteiger partial charge on any atom is -0.465 e. The third-order valence-corrected chi connectivity index (χ3v) is 3.16. The van der Waals surface area contributed by atoms with Crippen molar-refractivity contribution in [3.05, 3.63) is 65.3 Å². The molecule has 1 aromatic carbocycles. The predicted molar refractivity (Wildman–Crippen MR) is 89.2 cm³/mol. The van der Waals surface area contributed by atoms with Gasteiger partial charge in [0, 0.05) is 0 Å². The van der Waals surface area contributed by atoms with E-state index in [1.54, 1.807) is 6.07 Å². The lowest BCUT2D eigenvalue weighted by Crippen LogP contribution is -2.03. The highest BCUT2D eigenvalue weighted by atomic mass is 16.5. The van der Waals surface area contributed by atoms with E-state index >= 15 is 0 Å². The van der Waals surface area contributed by atoms with Crippen LogP contribution in [0.5, 0.6) is 0 Å². The number of esters is 1. The zero-order valence-corrected chi connectivity index (χ0v) is 13.3. The molecule has 0 aliphatic heterocycles. The molecule has 1 aromatic rings. The molecule has 1 unspecified atom stereocenters. The molecule has 0 amide bonds. The van der Waals surface area contributed by atoms with Crippen LogP contribution in [0.25, 0.3) is 6.08 Å². The lowest BCUT2D eigenvalue weighted by atomic mass is 9.97. The molecule has 0 saturated carbocycles. The van der Waals surface area contributed by atoms with Gasteiger partial charge < -0.3 is 4.74 Å². The highest BCUT2D eigenvalue weighted by molar-refractivity contribution is 5.93. The molecular formula is C19H24O2. The summed E-state index contributed by atoms with van der Waals surface area (Å²) in [6, 6.07) is 7.45. The van der Waals surface area contributed by atoms with Crippen LogP contribution >= 0.6 is 0 Å². The molecule has 0 aromatic heterocycles. The SMILES string of the molecule is CC.COC(=O)c1ccccc1/C=C/C1=CCC(C)C=C1. The number of methoxy groups -OCH3 is 1. The maximum atomic E-state index is 11.6. The van der Waals surface area contributed by atoms with Crippen molar-refractivity contribution < 1.29 is 9.53 Å². The molecule has 0 bridgehead atoms. The van der Waals surface area contributed by atoms with Crippen molar-refractivity contribution in [3.8, 4) is 0 Å². The van der Waals surface area contributed by atoms with Gasteiger partial charge >= 0.3 is 5.97 Å². The summed E-state index contributed by atoms with van der Waals surface area (Å²) in [6.07, 6.45) is 11.6. The number of allylic oxidation sites excluding steroid dienone is 5. The molecule has 1 atom stereocenters. The summed E-state index contributed by atoms with van der Waals surface area (Å²) in [5, 5.41) is 0. The largest absolute Gasteiger partial charge is 0.465 e. The van der Waals surface area contributed by atoms with E-state index in [4.69, 9.17) is 4.74 Å². The Morgan fingerprint density at radius 2 is 1.95 bits per heavy atom. The smallest absolute Gasteiger partial charge is 0.338 e. The van der Waals surface area contributed by atoms with E-state index in [-0.39, 0.29) is 5.97 Å². The summed E-state index contributed by atoms with van der Waals surface area (Å²) >= 11 is 0. The minimum absolute atomic E-state index is 0.304. The summed E-state index contributed by atoms with van der Waals surface area (Å²) < 4.78 is 4.78. The first-order chi connectivity index (χ1) is 10.2. The first-order valence-corrected chi connectivity index (χ1v) is 7.44. The van der Waals surface area contributed by atoms with E-state index in [1.807, 2.05) is 44.2 Å². The number of benzene rings is 1. The Hall–Kier alpha value is -2.09. The second-order valence-electron chi connectivity index (χ2n) is 4.69. The van der Waals surface area contributed by atoms with Crippen LogP contribution in [0, 0.1) is 5.92 Å². The standard InChI is InChI=1S/C17H18O2.C2H6/c1-13-7-9-14(10-8-13)11-12-15-5-3-4-6-16(15)17(18)19-2;1-2/h3-7,9-13H,8H2,1-2H3;1-2H3/b12-11+;. The van der Waals surface area contributed by atoms with Crippen LogP contribution in [-0.4, -0.2) is 13.1 Å². The number of rotatable bonds is 3. The van der Waals surface area contributed by atoms with Gasteiger partial charge in [0.2, 0.25) is 0 Å². The van der Waals surface area contributed by atoms with Crippen LogP contribution in [0.3, 0.4) is 0 Å². The predicted octanol–water partition coefficient (Wildman–Crippen LogP) is 5.04. The molecule has 21 heavy (non-hydrogen) atoms. The maximum Gasteiger partial charge on any atom is 0.338 e. The molecule has 0 spiro atoms. The molecule has 0 fully saturated rings. The number of carbonyl (C=O) groups excluding carboxylic acids is 1. The molecule has 1 aliphatic rings. The summed E-state index contributed by atoms with van der Waals surface area (Å²) in [4.78, 5) is 11.6. The van der Waals surface area contributed by atoms with Gasteiger partial charge in [0.15, 0.2) is 0 Å². The Bertz CT molecular complexity index is 550. The molecule has 1 aliphatic carbocycles. The molecule has 0 saturated heterocycles. The zero-order valence-electron chi connectivity index (χ0n) is 13.3. The number of carbonyl (C=O) groups is 1. The average molecular weight is 284 g/mol. The van der Waals surface area contributed by atoms with Gasteiger partial charge in [0.25, 0.3) is 0 Å². The first kappa shape index (κ1) is 17.0. The third kappa shape index (κ3) is 5.07. The topological polar surface area (TPSA) is 26.3 Å². The number of hydrogen-bond donors (Lipinski definition) is 0. The highest BCUT2D eigenvalue weighted by Crippen LogP contribution is 2.18. The zero-order chi connectivity index (χ0) is 15.7. The van der Waals surface area contributed by atoms with E-state index in [2.05, 4.69) is 25.2 Å². The Balaban J connectivity index is 0.00000106. The molecule has 0 N–H and O–H groups in total. The monoisotopic (exact) mass is 284 g/mol. The normalized spacial score (nSPS) is 17.0. The van der Waals surface area contributed by atoms with Gasteiger partial charge in [0.05, 0.1) is 12.7 Å². The molecular weight excluding hydrogens is 260 g/mol. The van der Waals surface area contributed by atoms with Crippen LogP contribution in [0.15, 0.2) is 54.1 Å². The highest BCUT2D eigenvalue weighted by Gasteiger charge is 2.08. The van der Waals surface area contributed by atoms with Crippen molar-refractivity contribution in [2.45, 2.75) is 27.2 Å². The molecule has 0 heterocycles. The van der Waals surface area contributed by atoms with Gasteiger partial charge in [-0.1, -0.05) is 69.4 Å². The van der Waals surface area contributed by atoms with Crippen molar-refractivity contribution in [1.82, 2.24) is 0 Å². The lowest BCUT2D eigenvalue weighted by molar-refractivity contribution is 0.0600. The van der Waals surface area contributed by atoms with E-state index in [0.717, 1.165) is 12.0 Å². The summed E-state index contributed by atoms with van der Waals surface area (Å²) in [5.41, 5.74) is 2.65. The van der Waals surface area contributed by atoms with Crippen LogP contribution in [0.2, 0.25) is 0 Å². The molecule has 0 radical (unpaired) electrons. The maximum absolute atomic E-state index is 11.6. The molecule has 112 valence electrons. The van der Waals surface area contributed by atoms with Crippen molar-refractivity contribution >= 4 is 12.0 Å². The fourth-order valence-corrected chi connectivity index (χ4v) is 1.99. The quantitative estimate of drug-likeness (QED) is 0.727. The van der Waals surface area contributed by atoms with Crippen LogP contribution in [0.1, 0.15) is 43.1 Å². The van der Waals surface area contributed by atoms with E-state index < -0.39 is 0 Å². The molecule has 2 heteroatoms. The van der Waals surface area contributed by atoms with Gasteiger partial charge in [-0.15, -0.1) is 0 Å². The minimum atomic E-state index is -0.304. The lowest BCUT2D eigenvalue weighted by Gasteiger charge is -2.09. The van der Waals surface area contributed by atoms with Gasteiger partial charge in [-0.3, -0.25) is 0 Å². The first-order valence-electron chi connectivity index (χ1n) is 7.44. The van der Waals surface area contributed by atoms with E-state index in [1.165, 1.54) is 12.7 Å². The van der Waals surface area contributed by atoms with E-state index in [9.17, 15) is 4.79 Å². The van der Waals surface area contributed by atoms with Crippen molar-refractivity contribution in [2.75, 3.05) is 7.11 Å². The van der Waals surface area contributed by atoms with Gasteiger partial charge in [-0.25, -0.2) is 4.79 Å². The van der Waals surface area contributed by atoms with Crippen LogP contribution in [-0.2, 0) is 4.74 Å². The van der Waals surface area contributed by atoms with Crippen molar-refractivity contribution in [2.24, 2.45) is 5.92 Å². The average Bonchev–Trinajstić information content (AvgIpc) is 2.56. The van der Waals surface area contributed by atoms with Crippen molar-refractivity contribution in [1.29, 1.82) is 0 Å². The second-order valence-corrected chi connectivity index (χ2v) is 4.69. The Morgan fingerprint density at radius 3 is 2.57 bits per heavy atom. The number of hydrogen-bond acceptors (Lipinski definition) is 2. The summed E-state index contributed by atoms with van der Waals surface area (Å²) in [6.45, 7) is 6.19. The van der Waals surface area contributed by atoms with E-state index in [0.29, 0.717) is 11.5 Å². The number of ether oxygens (including phenoxy) is 1. The molecule has 2 nitrogen and oxygen atoms in total.